The predicted molar refractivity (Wildman–Crippen MR) is 139 cm³/mol. The van der Waals surface area contributed by atoms with E-state index in [1.165, 1.54) is 11.2 Å². The Kier molecular flexibility index (Phi) is 5.82. The molecule has 0 spiro atoms. The van der Waals surface area contributed by atoms with Gasteiger partial charge in [0.05, 0.1) is 17.0 Å². The minimum Gasteiger partial charge on any atom is -0.479 e. The van der Waals surface area contributed by atoms with E-state index in [4.69, 9.17) is 35.2 Å². The monoisotopic (exact) mass is 545 g/mol. The summed E-state index contributed by atoms with van der Waals surface area (Å²) in [4.78, 5) is 42.4. The second kappa shape index (κ2) is 9.54. The lowest BCUT2D eigenvalue weighted by Gasteiger charge is -2.31. The van der Waals surface area contributed by atoms with E-state index in [2.05, 4.69) is 15.1 Å². The molecule has 1 amide bonds. The second-order valence-corrected chi connectivity index (χ2v) is 10.6. The fourth-order valence-electron chi connectivity index (χ4n) is 5.33. The second-order valence-electron chi connectivity index (χ2n) is 10.6. The van der Waals surface area contributed by atoms with E-state index in [0.717, 1.165) is 42.6 Å². The molecule has 2 aliphatic carbocycles. The number of nitrogens with zero attached hydrogens (tertiary/aromatic N) is 8. The van der Waals surface area contributed by atoms with E-state index in [1.54, 1.807) is 0 Å². The molecule has 3 N–H and O–H groups in total. The largest absolute Gasteiger partial charge is 0.479 e. The molecule has 0 unspecified atom stereocenters. The third kappa shape index (κ3) is 4.38. The molecular formula is C26H27N9O5. The lowest BCUT2D eigenvalue weighted by molar-refractivity contribution is -0.140. The van der Waals surface area contributed by atoms with Crippen LogP contribution >= 0.6 is 0 Å². The maximum atomic E-state index is 12.1. The summed E-state index contributed by atoms with van der Waals surface area (Å²) in [6.45, 7) is 0.289. The van der Waals surface area contributed by atoms with E-state index >= 15 is 0 Å². The molecule has 0 bridgehead atoms. The summed E-state index contributed by atoms with van der Waals surface area (Å²) < 4.78 is 12.6. The number of piperidine rings is 1. The normalized spacial score (nSPS) is 17.9. The van der Waals surface area contributed by atoms with Crippen LogP contribution in [0.3, 0.4) is 0 Å². The fraction of sp³-hybridized carbons (Fsp3) is 0.462. The summed E-state index contributed by atoms with van der Waals surface area (Å²) >= 11 is 0. The molecule has 0 atom stereocenters. The van der Waals surface area contributed by atoms with Crippen molar-refractivity contribution in [3.8, 4) is 22.8 Å². The van der Waals surface area contributed by atoms with Gasteiger partial charge in [-0.1, -0.05) is 5.16 Å². The van der Waals surface area contributed by atoms with Crippen molar-refractivity contribution in [1.82, 2.24) is 39.8 Å². The van der Waals surface area contributed by atoms with Crippen LogP contribution in [0.1, 0.15) is 67.7 Å². The number of hydrogen-bond donors (Lipinski definition) is 2. The van der Waals surface area contributed by atoms with Gasteiger partial charge in [-0.3, -0.25) is 0 Å². The van der Waals surface area contributed by atoms with Gasteiger partial charge >= 0.3 is 12.1 Å². The van der Waals surface area contributed by atoms with Gasteiger partial charge in [0.15, 0.2) is 23.8 Å². The quantitative estimate of drug-likeness (QED) is 0.346. The molecular weight excluding hydrogens is 518 g/mol. The van der Waals surface area contributed by atoms with E-state index in [1.807, 2.05) is 17.1 Å². The molecule has 0 aromatic carbocycles. The van der Waals surface area contributed by atoms with Crippen LogP contribution < -0.4 is 5.73 Å². The molecule has 4 aromatic heterocycles. The van der Waals surface area contributed by atoms with Crippen molar-refractivity contribution < 1.29 is 24.0 Å². The minimum atomic E-state index is -1.18. The van der Waals surface area contributed by atoms with Crippen molar-refractivity contribution in [2.24, 2.45) is 0 Å². The highest BCUT2D eigenvalue weighted by Gasteiger charge is 2.37. The van der Waals surface area contributed by atoms with E-state index in [-0.39, 0.29) is 17.9 Å². The number of carboxylic acid groups (broad SMARTS) is 1. The number of fused-ring (bicyclic) bond motifs is 1. The molecule has 7 rings (SSSR count). The SMILES string of the molecule is Nc1ncnc2c1c(-c1noc(C3CC3)c1-c1ncc(C3CCN(C(=O)OCC(=O)O)CC3)cn1)nn2C1CC1. The zero-order chi connectivity index (χ0) is 27.4. The van der Waals surface area contributed by atoms with E-state index in [0.29, 0.717) is 60.0 Å². The van der Waals surface area contributed by atoms with Gasteiger partial charge in [0.1, 0.15) is 23.5 Å². The molecule has 14 nitrogen and oxygen atoms in total. The lowest BCUT2D eigenvalue weighted by atomic mass is 9.91. The minimum absolute atomic E-state index is 0.164. The van der Waals surface area contributed by atoms with Gasteiger partial charge in [-0.2, -0.15) is 5.10 Å². The van der Waals surface area contributed by atoms with Gasteiger partial charge in [0, 0.05) is 31.4 Å². The summed E-state index contributed by atoms with van der Waals surface area (Å²) in [7, 11) is 0. The molecule has 3 aliphatic rings. The van der Waals surface area contributed by atoms with Crippen LogP contribution in [0.25, 0.3) is 33.8 Å². The highest BCUT2D eigenvalue weighted by atomic mass is 16.6. The van der Waals surface area contributed by atoms with Crippen molar-refractivity contribution in [1.29, 1.82) is 0 Å². The number of carbonyl (C=O) groups is 2. The molecule has 0 radical (unpaired) electrons. The number of carbonyl (C=O) groups excluding carboxylic acids is 1. The zero-order valence-corrected chi connectivity index (χ0v) is 21.6. The molecule has 4 aromatic rings. The van der Waals surface area contributed by atoms with Gasteiger partial charge in [0.25, 0.3) is 0 Å². The molecule has 1 aliphatic heterocycles. The van der Waals surface area contributed by atoms with Crippen LogP contribution in [0.15, 0.2) is 23.2 Å². The van der Waals surface area contributed by atoms with Crippen molar-refractivity contribution in [3.63, 3.8) is 0 Å². The predicted octanol–water partition coefficient (Wildman–Crippen LogP) is 3.13. The third-order valence-corrected chi connectivity index (χ3v) is 7.74. The first-order valence-electron chi connectivity index (χ1n) is 13.4. The number of likely N-dealkylation sites (tertiary alicyclic amines) is 1. The van der Waals surface area contributed by atoms with Crippen LogP contribution in [-0.4, -0.2) is 76.6 Å². The van der Waals surface area contributed by atoms with Crippen LogP contribution in [0.2, 0.25) is 0 Å². The van der Waals surface area contributed by atoms with Gasteiger partial charge in [-0.15, -0.1) is 0 Å². The zero-order valence-electron chi connectivity index (χ0n) is 21.6. The highest BCUT2D eigenvalue weighted by Crippen LogP contribution is 2.48. The van der Waals surface area contributed by atoms with Crippen molar-refractivity contribution in [2.45, 2.75) is 56.4 Å². The maximum absolute atomic E-state index is 12.1. The number of aliphatic carboxylic acids is 1. The average molecular weight is 546 g/mol. The smallest absolute Gasteiger partial charge is 0.410 e. The lowest BCUT2D eigenvalue weighted by Crippen LogP contribution is -2.39. The number of amides is 1. The Morgan fingerprint density at radius 1 is 1.00 bits per heavy atom. The summed E-state index contributed by atoms with van der Waals surface area (Å²) in [6.07, 6.45) is 9.95. The number of aromatic nitrogens is 7. The number of rotatable bonds is 7. The molecule has 5 heterocycles. The number of hydrogen-bond acceptors (Lipinski definition) is 11. The molecule has 14 heteroatoms. The average Bonchev–Trinajstić information content (AvgIpc) is 3.91. The molecule has 1 saturated heterocycles. The number of nitrogen functional groups attached to an aromatic ring is 1. The molecule has 2 saturated carbocycles. The topological polar surface area (TPSA) is 188 Å². The molecule has 206 valence electrons. The highest BCUT2D eigenvalue weighted by molar-refractivity contribution is 6.00. The first-order valence-corrected chi connectivity index (χ1v) is 13.4. The Labute approximate surface area is 227 Å². The number of ether oxygens (including phenoxy) is 1. The Morgan fingerprint density at radius 2 is 1.75 bits per heavy atom. The van der Waals surface area contributed by atoms with E-state index < -0.39 is 18.7 Å². The van der Waals surface area contributed by atoms with E-state index in [9.17, 15) is 9.59 Å². The van der Waals surface area contributed by atoms with Crippen LogP contribution in [0, 0.1) is 0 Å². The molecule has 40 heavy (non-hydrogen) atoms. The van der Waals surface area contributed by atoms with Crippen LogP contribution in [0.4, 0.5) is 10.6 Å². The fourth-order valence-corrected chi connectivity index (χ4v) is 5.33. The Hall–Kier alpha value is -4.62. The first-order chi connectivity index (χ1) is 19.5. The van der Waals surface area contributed by atoms with Crippen LogP contribution in [0.5, 0.6) is 0 Å². The number of nitrogens with two attached hydrogens (primary N) is 1. The van der Waals surface area contributed by atoms with Crippen molar-refractivity contribution in [3.05, 3.63) is 30.0 Å². The standard InChI is InChI=1S/C26H27N9O5/c27-23-19-20(32-35(16-3-4-16)25(19)31-12-30-23)21-18(22(40-33-21)14-1-2-14)24-28-9-15(10-29-24)13-5-7-34(8-6-13)26(38)39-11-17(36)37/h9-10,12-14,16H,1-8,11H2,(H,36,37)(H2,27,30,31). The molecule has 3 fully saturated rings. The van der Waals surface area contributed by atoms with Gasteiger partial charge in [-0.25, -0.2) is 34.2 Å². The summed E-state index contributed by atoms with van der Waals surface area (Å²) in [5.74, 6) is 0.833. The van der Waals surface area contributed by atoms with Crippen LogP contribution in [-0.2, 0) is 9.53 Å². The summed E-state index contributed by atoms with van der Waals surface area (Å²) in [6, 6.07) is 0.282. The Balaban J connectivity index is 1.17. The van der Waals surface area contributed by atoms with Gasteiger partial charge < -0.3 is 25.0 Å². The van der Waals surface area contributed by atoms with Gasteiger partial charge in [-0.05, 0) is 50.0 Å². The summed E-state index contributed by atoms with van der Waals surface area (Å²) in [5.41, 5.74) is 9.78. The first kappa shape index (κ1) is 24.4. The maximum Gasteiger partial charge on any atom is 0.410 e. The van der Waals surface area contributed by atoms with Crippen molar-refractivity contribution >= 4 is 28.9 Å². The Bertz CT molecular complexity index is 1600. The number of anilines is 1. The third-order valence-electron chi connectivity index (χ3n) is 7.74. The number of carboxylic acids is 1. The van der Waals surface area contributed by atoms with Gasteiger partial charge in [0.2, 0.25) is 0 Å². The van der Waals surface area contributed by atoms with Crippen molar-refractivity contribution in [2.75, 3.05) is 25.4 Å². The Morgan fingerprint density at radius 3 is 2.42 bits per heavy atom. The summed E-state index contributed by atoms with van der Waals surface area (Å²) in [5, 5.41) is 18.7.